The number of hydrogen-bond donors (Lipinski definition) is 1. The SMILES string of the molecule is CC1CS(=O)(=O)CCN1C(=O)c1cc(N)ccc1Cl. The molecule has 0 bridgehead atoms. The van der Waals surface area contributed by atoms with Gasteiger partial charge in [0.25, 0.3) is 5.91 Å². The Morgan fingerprint density at radius 2 is 2.16 bits per heavy atom. The van der Waals surface area contributed by atoms with Gasteiger partial charge < -0.3 is 10.6 Å². The molecule has 2 N–H and O–H groups in total. The summed E-state index contributed by atoms with van der Waals surface area (Å²) in [5, 5.41) is 0.319. The molecule has 0 saturated carbocycles. The molecule has 104 valence electrons. The molecule has 19 heavy (non-hydrogen) atoms. The van der Waals surface area contributed by atoms with E-state index in [2.05, 4.69) is 0 Å². The highest BCUT2D eigenvalue weighted by atomic mass is 35.5. The minimum Gasteiger partial charge on any atom is -0.399 e. The maximum atomic E-state index is 12.4. The summed E-state index contributed by atoms with van der Waals surface area (Å²) >= 11 is 5.99. The topological polar surface area (TPSA) is 80.5 Å². The number of nitrogens with two attached hydrogens (primary N) is 1. The first-order valence-corrected chi connectivity index (χ1v) is 8.06. The lowest BCUT2D eigenvalue weighted by Gasteiger charge is -2.33. The Hall–Kier alpha value is -1.27. The van der Waals surface area contributed by atoms with Crippen LogP contribution in [0.2, 0.25) is 5.02 Å². The van der Waals surface area contributed by atoms with Crippen LogP contribution in [0.5, 0.6) is 0 Å². The zero-order valence-electron chi connectivity index (χ0n) is 10.5. The average Bonchev–Trinajstić information content (AvgIpc) is 2.30. The third-order valence-electron chi connectivity index (χ3n) is 3.15. The van der Waals surface area contributed by atoms with E-state index in [9.17, 15) is 13.2 Å². The summed E-state index contributed by atoms with van der Waals surface area (Å²) in [5.41, 5.74) is 6.41. The average molecular weight is 303 g/mol. The van der Waals surface area contributed by atoms with Gasteiger partial charge in [0.1, 0.15) is 0 Å². The maximum absolute atomic E-state index is 12.4. The van der Waals surface area contributed by atoms with Crippen LogP contribution in [-0.4, -0.2) is 43.3 Å². The lowest BCUT2D eigenvalue weighted by atomic mass is 10.1. The lowest BCUT2D eigenvalue weighted by Crippen LogP contribution is -2.49. The van der Waals surface area contributed by atoms with Gasteiger partial charge in [-0.15, -0.1) is 0 Å². The Kier molecular flexibility index (Phi) is 3.73. The molecule has 5 nitrogen and oxygen atoms in total. The van der Waals surface area contributed by atoms with Crippen LogP contribution in [0.4, 0.5) is 5.69 Å². The minimum absolute atomic E-state index is 0.0109. The first kappa shape index (κ1) is 14.1. The largest absolute Gasteiger partial charge is 0.399 e. The summed E-state index contributed by atoms with van der Waals surface area (Å²) in [5.74, 6) is -0.304. The molecule has 2 rings (SSSR count). The van der Waals surface area contributed by atoms with Crippen molar-refractivity contribution in [2.24, 2.45) is 0 Å². The first-order chi connectivity index (χ1) is 8.80. The van der Waals surface area contributed by atoms with E-state index >= 15 is 0 Å². The van der Waals surface area contributed by atoms with Gasteiger partial charge in [0, 0.05) is 18.3 Å². The quantitative estimate of drug-likeness (QED) is 0.790. The molecule has 1 atom stereocenters. The molecule has 0 radical (unpaired) electrons. The zero-order chi connectivity index (χ0) is 14.2. The summed E-state index contributed by atoms with van der Waals surface area (Å²) in [7, 11) is -3.05. The lowest BCUT2D eigenvalue weighted by molar-refractivity contribution is 0.0713. The van der Waals surface area contributed by atoms with Gasteiger partial charge in [-0.1, -0.05) is 11.6 Å². The molecule has 0 aromatic heterocycles. The Bertz CT molecular complexity index is 615. The minimum atomic E-state index is -3.05. The Labute approximate surface area is 117 Å². The zero-order valence-corrected chi connectivity index (χ0v) is 12.0. The Morgan fingerprint density at radius 1 is 1.47 bits per heavy atom. The van der Waals surface area contributed by atoms with Crippen LogP contribution in [0.1, 0.15) is 17.3 Å². The third kappa shape index (κ3) is 3.01. The van der Waals surface area contributed by atoms with E-state index in [0.29, 0.717) is 16.3 Å². The molecular formula is C12H15ClN2O3S. The van der Waals surface area contributed by atoms with Gasteiger partial charge in [0.05, 0.1) is 22.1 Å². The number of carbonyl (C=O) groups is 1. The predicted octanol–water partition coefficient (Wildman–Crippen LogP) is 1.18. The van der Waals surface area contributed by atoms with E-state index in [1.807, 2.05) is 0 Å². The van der Waals surface area contributed by atoms with Gasteiger partial charge in [-0.3, -0.25) is 4.79 Å². The van der Waals surface area contributed by atoms with Gasteiger partial charge >= 0.3 is 0 Å². The number of nitrogens with zero attached hydrogens (tertiary/aromatic N) is 1. The molecule has 0 aliphatic carbocycles. The molecule has 0 spiro atoms. The van der Waals surface area contributed by atoms with Gasteiger partial charge in [-0.2, -0.15) is 0 Å². The molecular weight excluding hydrogens is 288 g/mol. The highest BCUT2D eigenvalue weighted by Crippen LogP contribution is 2.23. The second-order valence-electron chi connectivity index (χ2n) is 4.70. The Morgan fingerprint density at radius 3 is 2.79 bits per heavy atom. The number of nitrogen functional groups attached to an aromatic ring is 1. The number of rotatable bonds is 1. The van der Waals surface area contributed by atoms with E-state index in [4.69, 9.17) is 17.3 Å². The van der Waals surface area contributed by atoms with E-state index in [1.165, 1.54) is 11.0 Å². The number of benzene rings is 1. The summed E-state index contributed by atoms with van der Waals surface area (Å²) in [6.07, 6.45) is 0. The van der Waals surface area contributed by atoms with E-state index < -0.39 is 9.84 Å². The van der Waals surface area contributed by atoms with Crippen molar-refractivity contribution in [3.63, 3.8) is 0 Å². The summed E-state index contributed by atoms with van der Waals surface area (Å²) in [6, 6.07) is 4.34. The maximum Gasteiger partial charge on any atom is 0.255 e. The van der Waals surface area contributed by atoms with Crippen molar-refractivity contribution in [3.8, 4) is 0 Å². The van der Waals surface area contributed by atoms with E-state index in [-0.39, 0.29) is 30.0 Å². The van der Waals surface area contributed by atoms with Crippen LogP contribution in [0.3, 0.4) is 0 Å². The van der Waals surface area contributed by atoms with Crippen LogP contribution in [0, 0.1) is 0 Å². The molecule has 1 saturated heterocycles. The van der Waals surface area contributed by atoms with E-state index in [0.717, 1.165) is 0 Å². The summed E-state index contributed by atoms with van der Waals surface area (Å²) in [4.78, 5) is 13.9. The fourth-order valence-electron chi connectivity index (χ4n) is 2.16. The molecule has 1 aromatic carbocycles. The van der Waals surface area contributed by atoms with Gasteiger partial charge in [-0.05, 0) is 25.1 Å². The molecule has 1 heterocycles. The number of halogens is 1. The second-order valence-corrected chi connectivity index (χ2v) is 7.34. The van der Waals surface area contributed by atoms with Gasteiger partial charge in [0.15, 0.2) is 9.84 Å². The van der Waals surface area contributed by atoms with Crippen molar-refractivity contribution >= 4 is 33.0 Å². The second kappa shape index (κ2) is 5.02. The molecule has 1 unspecified atom stereocenters. The summed E-state index contributed by atoms with van der Waals surface area (Å²) < 4.78 is 23.0. The van der Waals surface area contributed by atoms with Crippen LogP contribution in [-0.2, 0) is 9.84 Å². The van der Waals surface area contributed by atoms with Crippen molar-refractivity contribution in [2.75, 3.05) is 23.8 Å². The molecule has 1 aliphatic heterocycles. The fraction of sp³-hybridized carbons (Fsp3) is 0.417. The van der Waals surface area contributed by atoms with Gasteiger partial charge in [-0.25, -0.2) is 8.42 Å². The molecule has 7 heteroatoms. The van der Waals surface area contributed by atoms with Crippen LogP contribution >= 0.6 is 11.6 Å². The Balaban J connectivity index is 2.27. The molecule has 1 amide bonds. The monoisotopic (exact) mass is 302 g/mol. The number of sulfone groups is 1. The van der Waals surface area contributed by atoms with Crippen molar-refractivity contribution in [3.05, 3.63) is 28.8 Å². The number of carbonyl (C=O) groups excluding carboxylic acids is 1. The highest BCUT2D eigenvalue weighted by Gasteiger charge is 2.32. The van der Waals surface area contributed by atoms with E-state index in [1.54, 1.807) is 19.1 Å². The standard InChI is InChI=1S/C12H15ClN2O3S/c1-8-7-19(17,18)5-4-15(8)12(16)10-6-9(14)2-3-11(10)13/h2-3,6,8H,4-5,7,14H2,1H3. The van der Waals surface area contributed by atoms with Crippen LogP contribution in [0.25, 0.3) is 0 Å². The van der Waals surface area contributed by atoms with Crippen molar-refractivity contribution in [2.45, 2.75) is 13.0 Å². The normalized spacial score (nSPS) is 22.2. The molecule has 1 fully saturated rings. The van der Waals surface area contributed by atoms with Crippen molar-refractivity contribution in [1.82, 2.24) is 4.90 Å². The first-order valence-electron chi connectivity index (χ1n) is 5.86. The molecule has 1 aromatic rings. The highest BCUT2D eigenvalue weighted by molar-refractivity contribution is 7.91. The number of anilines is 1. The van der Waals surface area contributed by atoms with Crippen molar-refractivity contribution in [1.29, 1.82) is 0 Å². The van der Waals surface area contributed by atoms with Crippen LogP contribution in [0.15, 0.2) is 18.2 Å². The molecule has 1 aliphatic rings. The van der Waals surface area contributed by atoms with Gasteiger partial charge in [0.2, 0.25) is 0 Å². The van der Waals surface area contributed by atoms with Crippen molar-refractivity contribution < 1.29 is 13.2 Å². The third-order valence-corrected chi connectivity index (χ3v) is 5.28. The number of amides is 1. The fourth-order valence-corrected chi connectivity index (χ4v) is 3.92. The van der Waals surface area contributed by atoms with Crippen LogP contribution < -0.4 is 5.73 Å². The summed E-state index contributed by atoms with van der Waals surface area (Å²) in [6.45, 7) is 1.91. The predicted molar refractivity (Wildman–Crippen MR) is 75.0 cm³/mol. The number of hydrogen-bond acceptors (Lipinski definition) is 4. The smallest absolute Gasteiger partial charge is 0.255 e.